The number of carbonyl (C=O) groups is 2. The van der Waals surface area contributed by atoms with Crippen molar-refractivity contribution in [2.24, 2.45) is 0 Å². The number of hydrogen-bond donors (Lipinski definition) is 1. The minimum Gasteiger partial charge on any atom is -0.507 e. The van der Waals surface area contributed by atoms with Crippen LogP contribution in [0.15, 0.2) is 48.0 Å². The Labute approximate surface area is 213 Å². The first-order chi connectivity index (χ1) is 17.9. The topological polar surface area (TPSA) is 132 Å². The standard InChI is InChI=1S/C26H27N3O8/c30-24(18-5-6-20-21(16-18)37-14-13-36-20)22-23(17-3-1-4-19(15-17)29(33)34)28(26(32)25(22)31)8-2-7-27-9-11-35-12-10-27/h1,3-6,15-16,23,30H,2,7-14H2/b24-22+. The third kappa shape index (κ3) is 5.00. The van der Waals surface area contributed by atoms with Gasteiger partial charge in [-0.05, 0) is 30.2 Å². The van der Waals surface area contributed by atoms with E-state index in [9.17, 15) is 24.8 Å². The molecule has 3 aliphatic heterocycles. The highest BCUT2D eigenvalue weighted by atomic mass is 16.6. The van der Waals surface area contributed by atoms with Crippen molar-refractivity contribution >= 4 is 23.1 Å². The number of fused-ring (bicyclic) bond motifs is 1. The number of Topliss-reactive ketones (excluding diaryl/α,β-unsaturated/α-hetero) is 1. The van der Waals surface area contributed by atoms with Gasteiger partial charge in [-0.25, -0.2) is 0 Å². The lowest BCUT2D eigenvalue weighted by atomic mass is 9.94. The molecule has 37 heavy (non-hydrogen) atoms. The lowest BCUT2D eigenvalue weighted by Gasteiger charge is -2.29. The van der Waals surface area contributed by atoms with Gasteiger partial charge < -0.3 is 24.2 Å². The Hall–Kier alpha value is -3.96. The van der Waals surface area contributed by atoms with Crippen LogP contribution in [0.3, 0.4) is 0 Å². The Bertz CT molecular complexity index is 1250. The molecule has 0 aliphatic carbocycles. The van der Waals surface area contributed by atoms with E-state index in [-0.39, 0.29) is 29.1 Å². The first-order valence-electron chi connectivity index (χ1n) is 12.2. The molecule has 2 saturated heterocycles. The van der Waals surface area contributed by atoms with Crippen molar-refractivity contribution in [3.8, 4) is 11.5 Å². The number of ether oxygens (including phenoxy) is 3. The maximum Gasteiger partial charge on any atom is 0.295 e. The van der Waals surface area contributed by atoms with Gasteiger partial charge in [0.05, 0.1) is 29.8 Å². The second-order valence-electron chi connectivity index (χ2n) is 9.01. The molecule has 0 bridgehead atoms. The van der Waals surface area contributed by atoms with Crippen LogP contribution in [-0.4, -0.2) is 84.1 Å². The first kappa shape index (κ1) is 24.7. The molecule has 2 aromatic rings. The number of rotatable bonds is 7. The van der Waals surface area contributed by atoms with Crippen molar-refractivity contribution in [3.05, 3.63) is 69.3 Å². The fourth-order valence-electron chi connectivity index (χ4n) is 4.90. The maximum absolute atomic E-state index is 13.3. The normalized spacial score (nSPS) is 21.3. The molecule has 0 spiro atoms. The van der Waals surface area contributed by atoms with Crippen molar-refractivity contribution in [1.29, 1.82) is 0 Å². The predicted molar refractivity (Wildman–Crippen MR) is 131 cm³/mol. The van der Waals surface area contributed by atoms with Crippen LogP contribution in [0.4, 0.5) is 5.69 Å². The number of hydrogen-bond acceptors (Lipinski definition) is 9. The molecule has 0 radical (unpaired) electrons. The van der Waals surface area contributed by atoms with Crippen molar-refractivity contribution in [1.82, 2.24) is 9.80 Å². The molecule has 11 nitrogen and oxygen atoms in total. The fourth-order valence-corrected chi connectivity index (χ4v) is 4.90. The van der Waals surface area contributed by atoms with Gasteiger partial charge >= 0.3 is 0 Å². The number of nitro benzene ring substituents is 1. The molecular formula is C26H27N3O8. The summed E-state index contributed by atoms with van der Waals surface area (Å²) < 4.78 is 16.5. The quantitative estimate of drug-likeness (QED) is 0.197. The van der Waals surface area contributed by atoms with E-state index < -0.39 is 22.7 Å². The SMILES string of the molecule is O=C1C(=O)N(CCCN2CCOCC2)C(c2cccc([N+](=O)[O-])c2)/C1=C(\O)c1ccc2c(c1)OCCO2. The maximum atomic E-state index is 13.3. The van der Waals surface area contributed by atoms with Gasteiger partial charge in [-0.2, -0.15) is 0 Å². The third-order valence-electron chi connectivity index (χ3n) is 6.73. The van der Waals surface area contributed by atoms with Crippen molar-refractivity contribution in [3.63, 3.8) is 0 Å². The van der Waals surface area contributed by atoms with E-state index in [1.165, 1.54) is 23.1 Å². The summed E-state index contributed by atoms with van der Waals surface area (Å²) >= 11 is 0. The van der Waals surface area contributed by atoms with E-state index in [0.29, 0.717) is 56.5 Å². The van der Waals surface area contributed by atoms with Crippen molar-refractivity contribution in [2.75, 3.05) is 52.6 Å². The highest BCUT2D eigenvalue weighted by molar-refractivity contribution is 6.46. The average molecular weight is 510 g/mol. The van der Waals surface area contributed by atoms with Crippen LogP contribution in [0.5, 0.6) is 11.5 Å². The second-order valence-corrected chi connectivity index (χ2v) is 9.01. The van der Waals surface area contributed by atoms with E-state index in [4.69, 9.17) is 14.2 Å². The number of aliphatic hydroxyl groups is 1. The number of ketones is 1. The lowest BCUT2D eigenvalue weighted by Crippen LogP contribution is -2.39. The van der Waals surface area contributed by atoms with Gasteiger partial charge in [-0.15, -0.1) is 0 Å². The van der Waals surface area contributed by atoms with Crippen LogP contribution in [-0.2, 0) is 14.3 Å². The van der Waals surface area contributed by atoms with Gasteiger partial charge in [0, 0.05) is 43.9 Å². The Morgan fingerprint density at radius 1 is 1.00 bits per heavy atom. The average Bonchev–Trinajstić information content (AvgIpc) is 3.18. The minimum absolute atomic E-state index is 0.117. The van der Waals surface area contributed by atoms with Crippen LogP contribution in [0.2, 0.25) is 0 Å². The zero-order valence-corrected chi connectivity index (χ0v) is 20.1. The smallest absolute Gasteiger partial charge is 0.295 e. The molecule has 2 fully saturated rings. The van der Waals surface area contributed by atoms with E-state index in [2.05, 4.69) is 4.90 Å². The molecule has 3 heterocycles. The van der Waals surface area contributed by atoms with Gasteiger partial charge in [-0.1, -0.05) is 12.1 Å². The first-order valence-corrected chi connectivity index (χ1v) is 12.2. The summed E-state index contributed by atoms with van der Waals surface area (Å²) in [5.74, 6) is -1.03. The number of aliphatic hydroxyl groups excluding tert-OH is 1. The molecule has 5 rings (SSSR count). The predicted octanol–water partition coefficient (Wildman–Crippen LogP) is 2.51. The minimum atomic E-state index is -0.974. The lowest BCUT2D eigenvalue weighted by molar-refractivity contribution is -0.384. The van der Waals surface area contributed by atoms with Crippen LogP contribution in [0.25, 0.3) is 5.76 Å². The molecule has 1 N–H and O–H groups in total. The van der Waals surface area contributed by atoms with Crippen LogP contribution in [0, 0.1) is 10.1 Å². The van der Waals surface area contributed by atoms with Crippen LogP contribution < -0.4 is 9.47 Å². The Morgan fingerprint density at radius 2 is 1.76 bits per heavy atom. The van der Waals surface area contributed by atoms with Gasteiger partial charge in [0.25, 0.3) is 17.4 Å². The van der Waals surface area contributed by atoms with Crippen molar-refractivity contribution in [2.45, 2.75) is 12.5 Å². The number of likely N-dealkylation sites (tertiary alicyclic amines) is 1. The Balaban J connectivity index is 1.51. The summed E-state index contributed by atoms with van der Waals surface area (Å²) in [6.07, 6.45) is 0.586. The van der Waals surface area contributed by atoms with Gasteiger partial charge in [0.1, 0.15) is 19.0 Å². The summed E-state index contributed by atoms with van der Waals surface area (Å²) in [5.41, 5.74) is 0.370. The molecule has 1 atom stereocenters. The van der Waals surface area contributed by atoms with Crippen LogP contribution >= 0.6 is 0 Å². The van der Waals surface area contributed by atoms with E-state index in [0.717, 1.165) is 13.1 Å². The largest absolute Gasteiger partial charge is 0.507 e. The molecule has 194 valence electrons. The summed E-state index contributed by atoms with van der Waals surface area (Å²) in [4.78, 5) is 41.0. The van der Waals surface area contributed by atoms with Crippen molar-refractivity contribution < 1.29 is 33.8 Å². The number of non-ortho nitro benzene ring substituents is 1. The number of nitro groups is 1. The summed E-state index contributed by atoms with van der Waals surface area (Å²) in [6, 6.07) is 9.60. The fraction of sp³-hybridized carbons (Fsp3) is 0.385. The number of nitrogens with zero attached hydrogens (tertiary/aromatic N) is 3. The molecule has 3 aliphatic rings. The van der Waals surface area contributed by atoms with Crippen LogP contribution in [0.1, 0.15) is 23.6 Å². The molecule has 2 aromatic carbocycles. The summed E-state index contributed by atoms with van der Waals surface area (Å²) in [5, 5.41) is 22.7. The molecular weight excluding hydrogens is 482 g/mol. The van der Waals surface area contributed by atoms with Gasteiger partial charge in [0.2, 0.25) is 0 Å². The van der Waals surface area contributed by atoms with E-state index >= 15 is 0 Å². The molecule has 0 saturated carbocycles. The Kier molecular flexibility index (Phi) is 7.06. The number of benzene rings is 2. The summed E-state index contributed by atoms with van der Waals surface area (Å²) in [6.45, 7) is 4.57. The van der Waals surface area contributed by atoms with E-state index in [1.807, 2.05) is 0 Å². The Morgan fingerprint density at radius 3 is 2.51 bits per heavy atom. The van der Waals surface area contributed by atoms with Gasteiger partial charge in [-0.3, -0.25) is 24.6 Å². The summed E-state index contributed by atoms with van der Waals surface area (Å²) in [7, 11) is 0. The second kappa shape index (κ2) is 10.6. The zero-order chi connectivity index (χ0) is 25.9. The molecule has 11 heteroatoms. The van der Waals surface area contributed by atoms with Gasteiger partial charge in [0.15, 0.2) is 11.5 Å². The number of morpholine rings is 1. The number of carbonyl (C=O) groups excluding carboxylic acids is 2. The highest BCUT2D eigenvalue weighted by Crippen LogP contribution is 2.41. The zero-order valence-electron chi connectivity index (χ0n) is 20.1. The molecule has 1 unspecified atom stereocenters. The third-order valence-corrected chi connectivity index (χ3v) is 6.73. The highest BCUT2D eigenvalue weighted by Gasteiger charge is 2.46. The molecule has 1 amide bonds. The van der Waals surface area contributed by atoms with E-state index in [1.54, 1.807) is 24.3 Å². The molecule has 0 aromatic heterocycles. The number of amides is 1. The monoisotopic (exact) mass is 509 g/mol.